The van der Waals surface area contributed by atoms with E-state index in [1.54, 1.807) is 4.90 Å². The van der Waals surface area contributed by atoms with Gasteiger partial charge in [0.15, 0.2) is 0 Å². The number of carbonyl (C=O) groups excluding carboxylic acids is 1. The predicted octanol–water partition coefficient (Wildman–Crippen LogP) is -0.404. The van der Waals surface area contributed by atoms with E-state index < -0.39 is 6.10 Å². The lowest BCUT2D eigenvalue weighted by Crippen LogP contribution is -2.54. The molecule has 1 saturated heterocycles. The lowest BCUT2D eigenvalue weighted by molar-refractivity contribution is -0.153. The molecule has 1 aliphatic heterocycles. The Hall–Kier alpha value is -0.650. The van der Waals surface area contributed by atoms with E-state index in [0.717, 1.165) is 0 Å². The summed E-state index contributed by atoms with van der Waals surface area (Å²) in [5, 5.41) is 0. The lowest BCUT2D eigenvalue weighted by Gasteiger charge is -2.38. The third-order valence-corrected chi connectivity index (χ3v) is 2.66. The SMILES string of the molecule is COC(CN)C(=O)N1CC(C)OCC1C. The molecular weight excluding hydrogens is 196 g/mol. The monoisotopic (exact) mass is 216 g/mol. The van der Waals surface area contributed by atoms with Crippen LogP contribution >= 0.6 is 0 Å². The van der Waals surface area contributed by atoms with Crippen molar-refractivity contribution >= 4 is 5.91 Å². The zero-order chi connectivity index (χ0) is 11.4. The zero-order valence-corrected chi connectivity index (χ0v) is 9.60. The number of amides is 1. The number of morpholine rings is 1. The fourth-order valence-corrected chi connectivity index (χ4v) is 1.69. The molecule has 0 aromatic carbocycles. The summed E-state index contributed by atoms with van der Waals surface area (Å²) in [4.78, 5) is 13.8. The third kappa shape index (κ3) is 2.90. The molecule has 15 heavy (non-hydrogen) atoms. The molecule has 0 bridgehead atoms. The van der Waals surface area contributed by atoms with Crippen LogP contribution in [-0.2, 0) is 14.3 Å². The van der Waals surface area contributed by atoms with Crippen LogP contribution < -0.4 is 5.73 Å². The third-order valence-electron chi connectivity index (χ3n) is 2.66. The van der Waals surface area contributed by atoms with Gasteiger partial charge in [0.25, 0.3) is 5.91 Å². The van der Waals surface area contributed by atoms with Gasteiger partial charge in [-0.05, 0) is 13.8 Å². The standard InChI is InChI=1S/C10H20N2O3/c1-7-6-15-8(2)5-12(7)10(13)9(4-11)14-3/h7-9H,4-6,11H2,1-3H3. The van der Waals surface area contributed by atoms with Gasteiger partial charge in [-0.1, -0.05) is 0 Å². The van der Waals surface area contributed by atoms with Gasteiger partial charge in [0.2, 0.25) is 0 Å². The van der Waals surface area contributed by atoms with Crippen molar-refractivity contribution < 1.29 is 14.3 Å². The molecule has 0 aromatic heterocycles. The van der Waals surface area contributed by atoms with Crippen molar-refractivity contribution in [2.45, 2.75) is 32.1 Å². The molecule has 3 unspecified atom stereocenters. The minimum absolute atomic E-state index is 0.0392. The predicted molar refractivity (Wildman–Crippen MR) is 56.4 cm³/mol. The average Bonchev–Trinajstić information content (AvgIpc) is 2.23. The van der Waals surface area contributed by atoms with Gasteiger partial charge < -0.3 is 20.1 Å². The van der Waals surface area contributed by atoms with Crippen LogP contribution in [0.4, 0.5) is 0 Å². The summed E-state index contributed by atoms with van der Waals surface area (Å²) < 4.78 is 10.5. The Morgan fingerprint density at radius 1 is 1.67 bits per heavy atom. The summed E-state index contributed by atoms with van der Waals surface area (Å²) >= 11 is 0. The van der Waals surface area contributed by atoms with Crippen LogP contribution in [-0.4, -0.2) is 55.9 Å². The van der Waals surface area contributed by atoms with Gasteiger partial charge in [-0.15, -0.1) is 0 Å². The van der Waals surface area contributed by atoms with Crippen molar-refractivity contribution in [1.29, 1.82) is 0 Å². The summed E-state index contributed by atoms with van der Waals surface area (Å²) in [5.41, 5.74) is 5.47. The van der Waals surface area contributed by atoms with Crippen LogP contribution in [0, 0.1) is 0 Å². The van der Waals surface area contributed by atoms with Crippen molar-refractivity contribution in [1.82, 2.24) is 4.90 Å². The largest absolute Gasteiger partial charge is 0.375 e. The van der Waals surface area contributed by atoms with E-state index in [-0.39, 0.29) is 24.6 Å². The molecule has 3 atom stereocenters. The molecule has 2 N–H and O–H groups in total. The first-order chi connectivity index (χ1) is 7.10. The van der Waals surface area contributed by atoms with Crippen molar-refractivity contribution in [3.63, 3.8) is 0 Å². The molecule has 5 nitrogen and oxygen atoms in total. The second-order valence-electron chi connectivity index (χ2n) is 3.94. The molecule has 0 aliphatic carbocycles. The van der Waals surface area contributed by atoms with E-state index in [2.05, 4.69) is 0 Å². The van der Waals surface area contributed by atoms with Crippen molar-refractivity contribution in [2.24, 2.45) is 5.73 Å². The van der Waals surface area contributed by atoms with Crippen LogP contribution in [0.5, 0.6) is 0 Å². The minimum Gasteiger partial charge on any atom is -0.375 e. The second kappa shape index (κ2) is 5.44. The number of hydrogen-bond donors (Lipinski definition) is 1. The summed E-state index contributed by atoms with van der Waals surface area (Å²) in [5.74, 6) is -0.0392. The molecule has 0 aromatic rings. The molecular formula is C10H20N2O3. The summed E-state index contributed by atoms with van der Waals surface area (Å²) in [6.07, 6.45) is -0.446. The van der Waals surface area contributed by atoms with Gasteiger partial charge in [0.1, 0.15) is 6.10 Å². The van der Waals surface area contributed by atoms with Gasteiger partial charge in [-0.25, -0.2) is 0 Å². The Morgan fingerprint density at radius 2 is 2.33 bits per heavy atom. The quantitative estimate of drug-likeness (QED) is 0.697. The molecule has 1 amide bonds. The highest BCUT2D eigenvalue weighted by Gasteiger charge is 2.31. The Labute approximate surface area is 90.5 Å². The number of nitrogens with two attached hydrogens (primary N) is 1. The highest BCUT2D eigenvalue weighted by atomic mass is 16.5. The molecule has 88 valence electrons. The summed E-state index contributed by atoms with van der Waals surface area (Å²) in [7, 11) is 1.50. The van der Waals surface area contributed by atoms with Crippen molar-refractivity contribution in [3.05, 3.63) is 0 Å². The first kappa shape index (κ1) is 12.4. The lowest BCUT2D eigenvalue weighted by atomic mass is 10.1. The molecule has 1 rings (SSSR count). The number of carbonyl (C=O) groups is 1. The smallest absolute Gasteiger partial charge is 0.253 e. The number of methoxy groups -OCH3 is 1. The maximum Gasteiger partial charge on any atom is 0.253 e. The number of hydrogen-bond acceptors (Lipinski definition) is 4. The number of rotatable bonds is 3. The van der Waals surface area contributed by atoms with E-state index in [0.29, 0.717) is 13.2 Å². The zero-order valence-electron chi connectivity index (χ0n) is 9.60. The van der Waals surface area contributed by atoms with Crippen LogP contribution in [0.1, 0.15) is 13.8 Å². The van der Waals surface area contributed by atoms with Crippen LogP contribution in [0.3, 0.4) is 0 Å². The number of nitrogens with zero attached hydrogens (tertiary/aromatic N) is 1. The van der Waals surface area contributed by atoms with Crippen LogP contribution in [0.15, 0.2) is 0 Å². The first-order valence-electron chi connectivity index (χ1n) is 5.25. The topological polar surface area (TPSA) is 64.8 Å². The Morgan fingerprint density at radius 3 is 2.87 bits per heavy atom. The molecule has 0 saturated carbocycles. The van der Waals surface area contributed by atoms with E-state index in [1.807, 2.05) is 13.8 Å². The first-order valence-corrected chi connectivity index (χ1v) is 5.25. The van der Waals surface area contributed by atoms with Gasteiger partial charge in [-0.3, -0.25) is 4.79 Å². The average molecular weight is 216 g/mol. The molecule has 1 heterocycles. The highest BCUT2D eigenvalue weighted by molar-refractivity contribution is 5.81. The van der Waals surface area contributed by atoms with Gasteiger partial charge in [-0.2, -0.15) is 0 Å². The maximum atomic E-state index is 12.0. The molecule has 1 aliphatic rings. The van der Waals surface area contributed by atoms with E-state index in [9.17, 15) is 4.79 Å². The van der Waals surface area contributed by atoms with E-state index in [4.69, 9.17) is 15.2 Å². The molecule has 0 spiro atoms. The summed E-state index contributed by atoms with van der Waals surface area (Å²) in [6.45, 7) is 5.32. The second-order valence-corrected chi connectivity index (χ2v) is 3.94. The van der Waals surface area contributed by atoms with Gasteiger partial charge in [0.05, 0.1) is 18.8 Å². The normalized spacial score (nSPS) is 28.9. The van der Waals surface area contributed by atoms with Crippen LogP contribution in [0.2, 0.25) is 0 Å². The van der Waals surface area contributed by atoms with Gasteiger partial charge in [0, 0.05) is 20.2 Å². The van der Waals surface area contributed by atoms with Crippen molar-refractivity contribution in [2.75, 3.05) is 26.8 Å². The Balaban J connectivity index is 2.63. The van der Waals surface area contributed by atoms with E-state index in [1.165, 1.54) is 7.11 Å². The van der Waals surface area contributed by atoms with E-state index >= 15 is 0 Å². The minimum atomic E-state index is -0.530. The Bertz CT molecular complexity index is 219. The van der Waals surface area contributed by atoms with Crippen LogP contribution in [0.25, 0.3) is 0 Å². The maximum absolute atomic E-state index is 12.0. The highest BCUT2D eigenvalue weighted by Crippen LogP contribution is 2.13. The fraction of sp³-hybridized carbons (Fsp3) is 0.900. The molecule has 5 heteroatoms. The van der Waals surface area contributed by atoms with Gasteiger partial charge >= 0.3 is 0 Å². The van der Waals surface area contributed by atoms with Crippen molar-refractivity contribution in [3.8, 4) is 0 Å². The molecule has 1 fully saturated rings. The Kier molecular flexibility index (Phi) is 4.50. The molecule has 0 radical (unpaired) electrons. The fourth-order valence-electron chi connectivity index (χ4n) is 1.69. The summed E-state index contributed by atoms with van der Waals surface area (Å²) in [6, 6.07) is 0.0953. The number of ether oxygens (including phenoxy) is 2.